The van der Waals surface area contributed by atoms with Crippen LogP contribution in [-0.4, -0.2) is 55.7 Å². The Balaban J connectivity index is 1.78. The van der Waals surface area contributed by atoms with Crippen LogP contribution in [0.5, 0.6) is 0 Å². The topological polar surface area (TPSA) is 49.4 Å². The Bertz CT molecular complexity index is 389. The number of sulfonamides is 1. The van der Waals surface area contributed by atoms with Gasteiger partial charge in [-0.05, 0) is 18.3 Å². The molecule has 1 saturated carbocycles. The van der Waals surface area contributed by atoms with Crippen LogP contribution in [0.4, 0.5) is 0 Å². The molecule has 2 rings (SSSR count). The van der Waals surface area contributed by atoms with Gasteiger partial charge in [-0.15, -0.1) is 0 Å². The Morgan fingerprint density at radius 1 is 1.32 bits per heavy atom. The zero-order chi connectivity index (χ0) is 13.9. The third-order valence-corrected chi connectivity index (χ3v) is 7.19. The first-order valence-corrected chi connectivity index (χ1v) is 9.97. The summed E-state index contributed by atoms with van der Waals surface area (Å²) in [6.07, 6.45) is 3.66. The van der Waals surface area contributed by atoms with Crippen LogP contribution in [0, 0.1) is 5.41 Å². The molecule has 1 N–H and O–H groups in total. The van der Waals surface area contributed by atoms with E-state index in [1.807, 2.05) is 11.8 Å². The van der Waals surface area contributed by atoms with E-state index in [1.54, 1.807) is 4.31 Å². The van der Waals surface area contributed by atoms with Crippen LogP contribution in [0.3, 0.4) is 0 Å². The van der Waals surface area contributed by atoms with Gasteiger partial charge < -0.3 is 5.32 Å². The van der Waals surface area contributed by atoms with Crippen molar-refractivity contribution >= 4 is 21.8 Å². The maximum absolute atomic E-state index is 12.2. The lowest BCUT2D eigenvalue weighted by Gasteiger charge is -2.29. The summed E-state index contributed by atoms with van der Waals surface area (Å²) in [5.74, 6) is 2.11. The first-order chi connectivity index (χ1) is 8.92. The minimum Gasteiger partial charge on any atom is -0.312 e. The van der Waals surface area contributed by atoms with E-state index >= 15 is 0 Å². The van der Waals surface area contributed by atoms with Crippen molar-refractivity contribution in [1.29, 1.82) is 0 Å². The van der Waals surface area contributed by atoms with Crippen molar-refractivity contribution in [3.63, 3.8) is 0 Å². The van der Waals surface area contributed by atoms with Crippen molar-refractivity contribution in [2.24, 2.45) is 5.41 Å². The van der Waals surface area contributed by atoms with Gasteiger partial charge >= 0.3 is 0 Å². The summed E-state index contributed by atoms with van der Waals surface area (Å²) >= 11 is 1.84. The third kappa shape index (κ3) is 4.09. The SMILES string of the molecule is CC1(C)CCC[C@H]1NCCS(=O)(=O)N1CCSCC1. The van der Waals surface area contributed by atoms with Crippen LogP contribution in [0.25, 0.3) is 0 Å². The predicted molar refractivity (Wildman–Crippen MR) is 82.1 cm³/mol. The van der Waals surface area contributed by atoms with E-state index in [9.17, 15) is 8.42 Å². The molecular formula is C13H26N2O2S2. The van der Waals surface area contributed by atoms with E-state index in [2.05, 4.69) is 19.2 Å². The quantitative estimate of drug-likeness (QED) is 0.837. The molecule has 2 fully saturated rings. The molecule has 0 amide bonds. The van der Waals surface area contributed by atoms with Gasteiger partial charge in [0, 0.05) is 37.2 Å². The molecule has 0 aromatic carbocycles. The molecule has 19 heavy (non-hydrogen) atoms. The van der Waals surface area contributed by atoms with Crippen molar-refractivity contribution in [2.75, 3.05) is 36.9 Å². The third-order valence-electron chi connectivity index (χ3n) is 4.37. The average Bonchev–Trinajstić information content (AvgIpc) is 2.70. The second-order valence-electron chi connectivity index (χ2n) is 6.21. The normalized spacial score (nSPS) is 28.6. The predicted octanol–water partition coefficient (Wildman–Crippen LogP) is 1.53. The Labute approximate surface area is 121 Å². The van der Waals surface area contributed by atoms with Gasteiger partial charge in [-0.3, -0.25) is 0 Å². The van der Waals surface area contributed by atoms with Crippen molar-refractivity contribution in [1.82, 2.24) is 9.62 Å². The molecule has 1 atom stereocenters. The van der Waals surface area contributed by atoms with Gasteiger partial charge in [0.1, 0.15) is 0 Å². The lowest BCUT2D eigenvalue weighted by atomic mass is 9.87. The minimum atomic E-state index is -3.05. The molecule has 0 aromatic heterocycles. The van der Waals surface area contributed by atoms with Gasteiger partial charge in [0.15, 0.2) is 0 Å². The highest BCUT2D eigenvalue weighted by Gasteiger charge is 2.34. The highest BCUT2D eigenvalue weighted by atomic mass is 32.2. The number of thioether (sulfide) groups is 1. The monoisotopic (exact) mass is 306 g/mol. The summed E-state index contributed by atoms with van der Waals surface area (Å²) in [5.41, 5.74) is 0.311. The van der Waals surface area contributed by atoms with Gasteiger partial charge in [0.2, 0.25) is 10.0 Å². The molecular weight excluding hydrogens is 280 g/mol. The summed E-state index contributed by atoms with van der Waals surface area (Å²) < 4.78 is 26.1. The Morgan fingerprint density at radius 3 is 2.58 bits per heavy atom. The summed E-state index contributed by atoms with van der Waals surface area (Å²) in [6, 6.07) is 0.472. The number of nitrogens with one attached hydrogen (secondary N) is 1. The van der Waals surface area contributed by atoms with Crippen molar-refractivity contribution in [3.05, 3.63) is 0 Å². The molecule has 4 nitrogen and oxygen atoms in total. The summed E-state index contributed by atoms with van der Waals surface area (Å²) in [4.78, 5) is 0. The van der Waals surface area contributed by atoms with Gasteiger partial charge in [0.05, 0.1) is 5.75 Å². The first kappa shape index (κ1) is 15.6. The van der Waals surface area contributed by atoms with Gasteiger partial charge in [-0.25, -0.2) is 12.7 Å². The molecule has 1 aliphatic carbocycles. The second-order valence-corrected chi connectivity index (χ2v) is 9.53. The molecule has 112 valence electrons. The molecule has 1 heterocycles. The number of hydrogen-bond acceptors (Lipinski definition) is 4. The van der Waals surface area contributed by atoms with Gasteiger partial charge in [0.25, 0.3) is 0 Å². The van der Waals surface area contributed by atoms with Crippen LogP contribution in [0.1, 0.15) is 33.1 Å². The van der Waals surface area contributed by atoms with E-state index in [1.165, 1.54) is 19.3 Å². The molecule has 1 aliphatic heterocycles. The zero-order valence-corrected chi connectivity index (χ0v) is 13.7. The molecule has 0 aromatic rings. The molecule has 2 aliphatic rings. The largest absolute Gasteiger partial charge is 0.312 e. The van der Waals surface area contributed by atoms with Crippen LogP contribution in [0.2, 0.25) is 0 Å². The molecule has 1 saturated heterocycles. The van der Waals surface area contributed by atoms with Crippen LogP contribution >= 0.6 is 11.8 Å². The highest BCUT2D eigenvalue weighted by molar-refractivity contribution is 7.99. The maximum atomic E-state index is 12.2. The van der Waals surface area contributed by atoms with Gasteiger partial charge in [-0.2, -0.15) is 11.8 Å². The Hall–Kier alpha value is 0.220. The average molecular weight is 306 g/mol. The molecule has 0 unspecified atom stereocenters. The van der Waals surface area contributed by atoms with Crippen LogP contribution in [0.15, 0.2) is 0 Å². The minimum absolute atomic E-state index is 0.240. The number of hydrogen-bond donors (Lipinski definition) is 1. The molecule has 0 bridgehead atoms. The van der Waals surface area contributed by atoms with E-state index < -0.39 is 10.0 Å². The zero-order valence-electron chi connectivity index (χ0n) is 12.0. The fourth-order valence-corrected chi connectivity index (χ4v) is 5.53. The van der Waals surface area contributed by atoms with Crippen LogP contribution in [-0.2, 0) is 10.0 Å². The molecule has 0 radical (unpaired) electrons. The van der Waals surface area contributed by atoms with E-state index in [0.29, 0.717) is 31.1 Å². The fraction of sp³-hybridized carbons (Fsp3) is 1.00. The lowest BCUT2D eigenvalue weighted by Crippen LogP contribution is -2.44. The standard InChI is InChI=1S/C13H26N2O2S2/c1-13(2)5-3-4-12(13)14-6-11-19(16,17)15-7-9-18-10-8-15/h12,14H,3-11H2,1-2H3/t12-/m1/s1. The van der Waals surface area contributed by atoms with Crippen molar-refractivity contribution in [3.8, 4) is 0 Å². The number of nitrogens with zero attached hydrogens (tertiary/aromatic N) is 1. The highest BCUT2D eigenvalue weighted by Crippen LogP contribution is 2.36. The first-order valence-electron chi connectivity index (χ1n) is 7.21. The Morgan fingerprint density at radius 2 is 2.00 bits per heavy atom. The number of rotatable bonds is 5. The molecule has 0 spiro atoms. The summed E-state index contributed by atoms with van der Waals surface area (Å²) in [5, 5.41) is 3.46. The second kappa shape index (κ2) is 6.33. The summed E-state index contributed by atoms with van der Waals surface area (Å²) in [6.45, 7) is 6.49. The van der Waals surface area contributed by atoms with E-state index in [0.717, 1.165) is 11.5 Å². The lowest BCUT2D eigenvalue weighted by molar-refractivity contribution is 0.287. The van der Waals surface area contributed by atoms with E-state index in [-0.39, 0.29) is 5.75 Å². The van der Waals surface area contributed by atoms with Gasteiger partial charge in [-0.1, -0.05) is 20.3 Å². The Kier molecular flexibility index (Phi) is 5.20. The van der Waals surface area contributed by atoms with Crippen molar-refractivity contribution in [2.45, 2.75) is 39.2 Å². The van der Waals surface area contributed by atoms with E-state index in [4.69, 9.17) is 0 Å². The van der Waals surface area contributed by atoms with Crippen molar-refractivity contribution < 1.29 is 8.42 Å². The summed E-state index contributed by atoms with van der Waals surface area (Å²) in [7, 11) is -3.05. The maximum Gasteiger partial charge on any atom is 0.215 e. The van der Waals surface area contributed by atoms with Crippen LogP contribution < -0.4 is 5.32 Å². The molecule has 6 heteroatoms. The smallest absolute Gasteiger partial charge is 0.215 e. The fourth-order valence-electron chi connectivity index (χ4n) is 3.02.